The SMILES string of the molecule is CC/C(=C(\c1ccc(O)cc1)c1ccc(S(=O)(=O)CCCCCN2CCN(c3ccc4c(c3)CN(C3CCC(=O)NC3=O)C4=O)CC2)cc1)c1ccccc1. The smallest absolute Gasteiger partial charge is 0.255 e. The molecular weight excluding hydrogens is 713 g/mol. The number of sulfone groups is 1. The average molecular weight is 761 g/mol. The lowest BCUT2D eigenvalue weighted by atomic mass is 9.88. The Morgan fingerprint density at radius 2 is 1.49 bits per heavy atom. The standard InChI is InChI=1S/C44H48N4O6S/c1-2-38(31-9-5-3-6-10-31)42(32-11-16-36(49)17-12-32)33-13-18-37(19-14-33)55(53,54)28-8-4-7-23-46-24-26-47(27-25-46)35-15-20-39-34(29-35)30-48(44(39)52)40-21-22-41(50)45-43(40)51/h3,5-6,9-20,29,40,49H,2,4,7-8,21-28,30H2,1H3,(H,45,50,51)/b42-38-. The van der Waals surface area contributed by atoms with E-state index in [4.69, 9.17) is 0 Å². The summed E-state index contributed by atoms with van der Waals surface area (Å²) in [6, 6.07) is 29.8. The number of carbonyl (C=O) groups is 3. The number of hydrogen-bond donors (Lipinski definition) is 2. The van der Waals surface area contributed by atoms with E-state index >= 15 is 0 Å². The third-order valence-electron chi connectivity index (χ3n) is 11.1. The van der Waals surface area contributed by atoms with Gasteiger partial charge in [0.1, 0.15) is 11.8 Å². The molecule has 2 fully saturated rings. The van der Waals surface area contributed by atoms with E-state index in [1.54, 1.807) is 29.2 Å². The lowest BCUT2D eigenvalue weighted by molar-refractivity contribution is -0.136. The molecule has 3 aliphatic heterocycles. The topological polar surface area (TPSA) is 127 Å². The number of imide groups is 1. The molecule has 0 saturated carbocycles. The summed E-state index contributed by atoms with van der Waals surface area (Å²) in [6.07, 6.45) is 3.71. The number of unbranched alkanes of at least 4 members (excludes halogenated alkanes) is 2. The van der Waals surface area contributed by atoms with Crippen molar-refractivity contribution in [2.24, 2.45) is 0 Å². The zero-order valence-corrected chi connectivity index (χ0v) is 32.1. The van der Waals surface area contributed by atoms with Crippen LogP contribution in [0, 0.1) is 0 Å². The Morgan fingerprint density at radius 1 is 0.800 bits per heavy atom. The van der Waals surface area contributed by atoms with Gasteiger partial charge in [0.05, 0.1) is 10.6 Å². The minimum Gasteiger partial charge on any atom is -0.508 e. The second-order valence-electron chi connectivity index (χ2n) is 14.6. The molecule has 1 unspecified atom stereocenters. The Morgan fingerprint density at radius 3 is 2.16 bits per heavy atom. The number of piperazine rings is 1. The number of nitrogens with one attached hydrogen (secondary N) is 1. The third-order valence-corrected chi connectivity index (χ3v) is 12.9. The zero-order valence-electron chi connectivity index (χ0n) is 31.2. The monoisotopic (exact) mass is 760 g/mol. The van der Waals surface area contributed by atoms with Crippen LogP contribution in [0.2, 0.25) is 0 Å². The first kappa shape index (κ1) is 38.0. The Balaban J connectivity index is 0.891. The number of allylic oxidation sites excluding steroid dienone is 1. The van der Waals surface area contributed by atoms with Gasteiger partial charge in [0.25, 0.3) is 5.91 Å². The molecule has 2 saturated heterocycles. The van der Waals surface area contributed by atoms with Crippen LogP contribution in [0.4, 0.5) is 5.69 Å². The van der Waals surface area contributed by atoms with Gasteiger partial charge < -0.3 is 14.9 Å². The van der Waals surface area contributed by atoms with Gasteiger partial charge in [0, 0.05) is 50.4 Å². The number of phenols is 1. The molecule has 3 aliphatic rings. The van der Waals surface area contributed by atoms with Crippen molar-refractivity contribution in [3.63, 3.8) is 0 Å². The second kappa shape index (κ2) is 16.6. The van der Waals surface area contributed by atoms with E-state index in [0.29, 0.717) is 29.8 Å². The number of fused-ring (bicyclic) bond motifs is 1. The van der Waals surface area contributed by atoms with Gasteiger partial charge in [0.15, 0.2) is 9.84 Å². The highest BCUT2D eigenvalue weighted by Gasteiger charge is 2.39. The molecule has 10 nitrogen and oxygen atoms in total. The molecule has 286 valence electrons. The van der Waals surface area contributed by atoms with E-state index in [1.165, 1.54) is 0 Å². The summed E-state index contributed by atoms with van der Waals surface area (Å²) in [5, 5.41) is 12.3. The number of piperidine rings is 1. The molecular formula is C44H48N4O6S. The molecule has 0 aromatic heterocycles. The molecule has 4 aromatic rings. The maximum absolute atomic E-state index is 13.4. The quantitative estimate of drug-likeness (QED) is 0.0926. The number of amides is 3. The Hall–Kier alpha value is -5.26. The van der Waals surface area contributed by atoms with Crippen molar-refractivity contribution in [2.75, 3.05) is 43.4 Å². The van der Waals surface area contributed by atoms with Crippen LogP contribution in [0.15, 0.2) is 102 Å². The summed E-state index contributed by atoms with van der Waals surface area (Å²) in [7, 11) is -3.44. The zero-order chi connectivity index (χ0) is 38.5. The number of hydrogen-bond acceptors (Lipinski definition) is 8. The molecule has 55 heavy (non-hydrogen) atoms. The van der Waals surface area contributed by atoms with Crippen molar-refractivity contribution in [3.05, 3.63) is 125 Å². The summed E-state index contributed by atoms with van der Waals surface area (Å²) in [5.41, 5.74) is 7.72. The maximum atomic E-state index is 13.4. The molecule has 4 aromatic carbocycles. The number of aromatic hydroxyl groups is 1. The first-order chi connectivity index (χ1) is 26.6. The van der Waals surface area contributed by atoms with E-state index in [0.717, 1.165) is 91.1 Å². The van der Waals surface area contributed by atoms with Crippen LogP contribution < -0.4 is 10.2 Å². The van der Waals surface area contributed by atoms with Crippen molar-refractivity contribution in [2.45, 2.75) is 62.9 Å². The first-order valence-corrected chi connectivity index (χ1v) is 20.9. The molecule has 11 heteroatoms. The molecule has 3 heterocycles. The fourth-order valence-corrected chi connectivity index (χ4v) is 9.42. The van der Waals surface area contributed by atoms with Crippen LogP contribution in [-0.4, -0.2) is 85.6 Å². The van der Waals surface area contributed by atoms with E-state index in [1.807, 2.05) is 54.6 Å². The van der Waals surface area contributed by atoms with Crippen molar-refractivity contribution in [3.8, 4) is 5.75 Å². The number of nitrogens with zero attached hydrogens (tertiary/aromatic N) is 3. The van der Waals surface area contributed by atoms with E-state index in [-0.39, 0.29) is 29.7 Å². The molecule has 2 N–H and O–H groups in total. The molecule has 0 bridgehead atoms. The highest BCUT2D eigenvalue weighted by atomic mass is 32.2. The largest absolute Gasteiger partial charge is 0.508 e. The average Bonchev–Trinajstić information content (AvgIpc) is 3.52. The second-order valence-corrected chi connectivity index (χ2v) is 16.7. The van der Waals surface area contributed by atoms with E-state index < -0.39 is 21.8 Å². The fourth-order valence-electron chi connectivity index (χ4n) is 8.05. The number of anilines is 1. The summed E-state index contributed by atoms with van der Waals surface area (Å²) in [5.74, 6) is -0.559. The predicted octanol–water partition coefficient (Wildman–Crippen LogP) is 6.29. The van der Waals surface area contributed by atoms with Crippen LogP contribution in [0.5, 0.6) is 5.75 Å². The van der Waals surface area contributed by atoms with Crippen LogP contribution in [0.1, 0.15) is 78.1 Å². The van der Waals surface area contributed by atoms with Gasteiger partial charge in [-0.05, 0) is 108 Å². The minimum atomic E-state index is -3.44. The molecule has 3 amide bonds. The predicted molar refractivity (Wildman–Crippen MR) is 214 cm³/mol. The summed E-state index contributed by atoms with van der Waals surface area (Å²) >= 11 is 0. The van der Waals surface area contributed by atoms with Crippen LogP contribution >= 0.6 is 0 Å². The van der Waals surface area contributed by atoms with Crippen molar-refractivity contribution in [1.82, 2.24) is 15.1 Å². The van der Waals surface area contributed by atoms with Crippen molar-refractivity contribution in [1.29, 1.82) is 0 Å². The molecule has 7 rings (SSSR count). The fraction of sp³-hybridized carbons (Fsp3) is 0.341. The molecule has 1 atom stereocenters. The van der Waals surface area contributed by atoms with Gasteiger partial charge in [-0.3, -0.25) is 24.6 Å². The van der Waals surface area contributed by atoms with Gasteiger partial charge in [-0.1, -0.05) is 67.9 Å². The normalized spacial score (nSPS) is 18.3. The third kappa shape index (κ3) is 8.53. The lowest BCUT2D eigenvalue weighted by Crippen LogP contribution is -2.52. The summed E-state index contributed by atoms with van der Waals surface area (Å²) < 4.78 is 26.7. The lowest BCUT2D eigenvalue weighted by Gasteiger charge is -2.36. The van der Waals surface area contributed by atoms with Gasteiger partial charge in [0.2, 0.25) is 11.8 Å². The van der Waals surface area contributed by atoms with E-state index in [9.17, 15) is 27.9 Å². The molecule has 0 radical (unpaired) electrons. The Kier molecular flexibility index (Phi) is 11.5. The van der Waals surface area contributed by atoms with Gasteiger partial charge in [-0.25, -0.2) is 8.42 Å². The molecule has 0 aliphatic carbocycles. The van der Waals surface area contributed by atoms with Gasteiger partial charge in [-0.15, -0.1) is 0 Å². The van der Waals surface area contributed by atoms with E-state index in [2.05, 4.69) is 40.2 Å². The molecule has 0 spiro atoms. The maximum Gasteiger partial charge on any atom is 0.255 e. The number of phenolic OH excluding ortho intramolecular Hbond substituents is 1. The van der Waals surface area contributed by atoms with Crippen LogP contribution in [-0.2, 0) is 26.0 Å². The van der Waals surface area contributed by atoms with Crippen LogP contribution in [0.25, 0.3) is 11.1 Å². The number of benzene rings is 4. The number of rotatable bonds is 13. The summed E-state index contributed by atoms with van der Waals surface area (Å²) in [4.78, 5) is 43.7. The van der Waals surface area contributed by atoms with Gasteiger partial charge >= 0.3 is 0 Å². The van der Waals surface area contributed by atoms with Gasteiger partial charge in [-0.2, -0.15) is 0 Å². The highest BCUT2D eigenvalue weighted by Crippen LogP contribution is 2.36. The summed E-state index contributed by atoms with van der Waals surface area (Å²) in [6.45, 7) is 6.88. The minimum absolute atomic E-state index is 0.104. The Bertz CT molecular complexity index is 2180. The van der Waals surface area contributed by atoms with Crippen molar-refractivity contribution < 1.29 is 27.9 Å². The number of carbonyl (C=O) groups excluding carboxylic acids is 3. The van der Waals surface area contributed by atoms with Crippen molar-refractivity contribution >= 4 is 44.4 Å². The first-order valence-electron chi connectivity index (χ1n) is 19.3. The Labute approximate surface area is 323 Å². The van der Waals surface area contributed by atoms with Crippen LogP contribution in [0.3, 0.4) is 0 Å². The highest BCUT2D eigenvalue weighted by molar-refractivity contribution is 7.91.